The third-order valence-corrected chi connectivity index (χ3v) is 8.01. The van der Waals surface area contributed by atoms with Crippen LogP contribution in [0, 0.1) is 23.7 Å². The lowest BCUT2D eigenvalue weighted by Gasteiger charge is -2.44. The highest BCUT2D eigenvalue weighted by Gasteiger charge is 2.66. The Labute approximate surface area is 137 Å². The van der Waals surface area contributed by atoms with Gasteiger partial charge in [0.05, 0.1) is 0 Å². The standard InChI is InChI=1S/C20H36N2/c1-13-7-9-15-17(11-13)21-20(5,6)16-10-8-14(2)12-18(16)22(21)19(15,3)4/h13-18H,7-12H2,1-6H3/t13-,14-,15-,16-,17-,18-/m1/s1. The van der Waals surface area contributed by atoms with Crippen LogP contribution in [0.4, 0.5) is 0 Å². The molecule has 126 valence electrons. The van der Waals surface area contributed by atoms with Crippen LogP contribution in [-0.4, -0.2) is 33.2 Å². The highest BCUT2D eigenvalue weighted by atomic mass is 15.7. The van der Waals surface area contributed by atoms with Gasteiger partial charge in [-0.15, -0.1) is 0 Å². The van der Waals surface area contributed by atoms with Gasteiger partial charge in [0, 0.05) is 23.2 Å². The molecule has 4 rings (SSSR count). The number of hydrogen-bond acceptors (Lipinski definition) is 2. The molecule has 0 aromatic heterocycles. The maximum absolute atomic E-state index is 2.92. The van der Waals surface area contributed by atoms with E-state index in [1.165, 1.54) is 38.5 Å². The molecule has 2 saturated carbocycles. The van der Waals surface area contributed by atoms with Gasteiger partial charge in [0.25, 0.3) is 0 Å². The predicted molar refractivity (Wildman–Crippen MR) is 92.4 cm³/mol. The molecule has 2 aliphatic carbocycles. The first-order chi connectivity index (χ1) is 10.2. The average Bonchev–Trinajstić information content (AvgIpc) is 2.79. The first-order valence-corrected chi connectivity index (χ1v) is 9.83. The van der Waals surface area contributed by atoms with Crippen molar-refractivity contribution in [3.05, 3.63) is 0 Å². The maximum atomic E-state index is 2.92. The molecule has 6 atom stereocenters. The van der Waals surface area contributed by atoms with Crippen molar-refractivity contribution in [2.24, 2.45) is 23.7 Å². The fourth-order valence-corrected chi connectivity index (χ4v) is 6.96. The minimum atomic E-state index is 0.360. The minimum Gasteiger partial charge on any atom is -0.232 e. The molecule has 2 nitrogen and oxygen atoms in total. The van der Waals surface area contributed by atoms with Crippen molar-refractivity contribution in [1.29, 1.82) is 0 Å². The van der Waals surface area contributed by atoms with Crippen LogP contribution in [0.25, 0.3) is 0 Å². The summed E-state index contributed by atoms with van der Waals surface area (Å²) in [6, 6.07) is 1.60. The van der Waals surface area contributed by atoms with E-state index in [0.717, 1.165) is 35.8 Å². The average molecular weight is 305 g/mol. The van der Waals surface area contributed by atoms with Gasteiger partial charge in [-0.05, 0) is 77.0 Å². The van der Waals surface area contributed by atoms with Gasteiger partial charge in [-0.1, -0.05) is 26.7 Å². The molecule has 0 bridgehead atoms. The quantitative estimate of drug-likeness (QED) is 0.640. The molecule has 0 amide bonds. The van der Waals surface area contributed by atoms with Gasteiger partial charge in [0.1, 0.15) is 0 Å². The topological polar surface area (TPSA) is 6.48 Å². The van der Waals surface area contributed by atoms with Crippen LogP contribution in [0.5, 0.6) is 0 Å². The normalized spacial score (nSPS) is 50.5. The summed E-state index contributed by atoms with van der Waals surface area (Å²) in [4.78, 5) is 0. The third kappa shape index (κ3) is 1.86. The monoisotopic (exact) mass is 304 g/mol. The fraction of sp³-hybridized carbons (Fsp3) is 1.00. The summed E-state index contributed by atoms with van der Waals surface area (Å²) in [5.74, 6) is 3.58. The lowest BCUT2D eigenvalue weighted by Crippen LogP contribution is -2.51. The van der Waals surface area contributed by atoms with E-state index in [1.54, 1.807) is 0 Å². The molecule has 2 heteroatoms. The highest BCUT2D eigenvalue weighted by molar-refractivity contribution is 5.16. The summed E-state index contributed by atoms with van der Waals surface area (Å²) in [6.07, 6.45) is 8.60. The summed E-state index contributed by atoms with van der Waals surface area (Å²) in [5, 5.41) is 5.83. The van der Waals surface area contributed by atoms with Crippen molar-refractivity contribution < 1.29 is 0 Å². The van der Waals surface area contributed by atoms with Gasteiger partial charge in [-0.2, -0.15) is 0 Å². The van der Waals surface area contributed by atoms with E-state index in [4.69, 9.17) is 0 Å². The van der Waals surface area contributed by atoms with E-state index in [-0.39, 0.29) is 0 Å². The molecule has 2 heterocycles. The second-order valence-corrected chi connectivity index (χ2v) is 10.2. The van der Waals surface area contributed by atoms with Crippen LogP contribution < -0.4 is 0 Å². The minimum absolute atomic E-state index is 0.360. The number of nitrogens with zero attached hydrogens (tertiary/aromatic N) is 2. The van der Waals surface area contributed by atoms with Gasteiger partial charge in [0.15, 0.2) is 0 Å². The van der Waals surface area contributed by atoms with Crippen molar-refractivity contribution in [2.45, 2.75) is 103 Å². The Bertz CT molecular complexity index is 413. The zero-order valence-corrected chi connectivity index (χ0v) is 15.6. The Morgan fingerprint density at radius 2 is 1.00 bits per heavy atom. The lowest BCUT2D eigenvalue weighted by atomic mass is 9.67. The molecule has 22 heavy (non-hydrogen) atoms. The Balaban J connectivity index is 1.76. The van der Waals surface area contributed by atoms with Crippen LogP contribution in [-0.2, 0) is 0 Å². The fourth-order valence-electron chi connectivity index (χ4n) is 6.96. The Hall–Kier alpha value is -0.0800. The molecule has 4 fully saturated rings. The van der Waals surface area contributed by atoms with Crippen LogP contribution in [0.1, 0.15) is 80.1 Å². The summed E-state index contributed by atoms with van der Waals surface area (Å²) in [6.45, 7) is 15.2. The predicted octanol–water partition coefficient (Wildman–Crippen LogP) is 4.70. The van der Waals surface area contributed by atoms with Crippen LogP contribution in [0.15, 0.2) is 0 Å². The number of rotatable bonds is 0. The third-order valence-electron chi connectivity index (χ3n) is 8.01. The molecule has 0 spiro atoms. The Morgan fingerprint density at radius 1 is 0.636 bits per heavy atom. The molecular formula is C20H36N2. The van der Waals surface area contributed by atoms with Crippen molar-refractivity contribution >= 4 is 0 Å². The van der Waals surface area contributed by atoms with Gasteiger partial charge in [0.2, 0.25) is 0 Å². The molecule has 0 N–H and O–H groups in total. The molecule has 0 aromatic carbocycles. The molecule has 2 aliphatic heterocycles. The number of hydrazine groups is 1. The zero-order chi connectivity index (χ0) is 15.9. The van der Waals surface area contributed by atoms with Gasteiger partial charge in [-0.3, -0.25) is 0 Å². The summed E-state index contributed by atoms with van der Waals surface area (Å²) >= 11 is 0. The molecule has 2 saturated heterocycles. The van der Waals surface area contributed by atoms with E-state index >= 15 is 0 Å². The highest BCUT2D eigenvalue weighted by Crippen LogP contribution is 2.59. The molecule has 4 aliphatic rings. The maximum Gasteiger partial charge on any atom is 0.0347 e. The number of hydrogen-bond donors (Lipinski definition) is 0. The first kappa shape index (κ1) is 15.4. The Kier molecular flexibility index (Phi) is 3.32. The van der Waals surface area contributed by atoms with Crippen LogP contribution in [0.2, 0.25) is 0 Å². The van der Waals surface area contributed by atoms with Crippen LogP contribution >= 0.6 is 0 Å². The van der Waals surface area contributed by atoms with Gasteiger partial charge >= 0.3 is 0 Å². The van der Waals surface area contributed by atoms with Gasteiger partial charge < -0.3 is 0 Å². The van der Waals surface area contributed by atoms with E-state index in [2.05, 4.69) is 51.6 Å². The summed E-state index contributed by atoms with van der Waals surface area (Å²) < 4.78 is 0. The first-order valence-electron chi connectivity index (χ1n) is 9.83. The van der Waals surface area contributed by atoms with Gasteiger partial charge in [-0.25, -0.2) is 10.0 Å². The van der Waals surface area contributed by atoms with Crippen molar-refractivity contribution in [2.75, 3.05) is 0 Å². The smallest absolute Gasteiger partial charge is 0.0347 e. The van der Waals surface area contributed by atoms with Crippen LogP contribution in [0.3, 0.4) is 0 Å². The Morgan fingerprint density at radius 3 is 1.36 bits per heavy atom. The summed E-state index contributed by atoms with van der Waals surface area (Å²) in [7, 11) is 0. The van der Waals surface area contributed by atoms with Crippen molar-refractivity contribution in [3.63, 3.8) is 0 Å². The van der Waals surface area contributed by atoms with E-state index < -0.39 is 0 Å². The van der Waals surface area contributed by atoms with Crippen molar-refractivity contribution in [1.82, 2.24) is 10.0 Å². The second-order valence-electron chi connectivity index (χ2n) is 10.2. The largest absolute Gasteiger partial charge is 0.232 e. The molecule has 0 aromatic rings. The summed E-state index contributed by atoms with van der Waals surface area (Å²) in [5.41, 5.74) is 0.719. The SMILES string of the molecule is C[C@@H]1CC[C@@H]2[C@@H](C1)N1N([C@@H]3C[C@H](C)CC[C@H]3C1(C)C)C2(C)C. The molecular weight excluding hydrogens is 268 g/mol. The van der Waals surface area contributed by atoms with E-state index in [1.807, 2.05) is 0 Å². The lowest BCUT2D eigenvalue weighted by molar-refractivity contribution is -0.0829. The molecule has 0 unspecified atom stereocenters. The number of fused-ring (bicyclic) bond motifs is 5. The van der Waals surface area contributed by atoms with Crippen molar-refractivity contribution in [3.8, 4) is 0 Å². The zero-order valence-electron chi connectivity index (χ0n) is 15.6. The second kappa shape index (κ2) is 4.72. The molecule has 0 radical (unpaired) electrons. The van der Waals surface area contributed by atoms with E-state index in [9.17, 15) is 0 Å². The van der Waals surface area contributed by atoms with E-state index in [0.29, 0.717) is 11.1 Å².